The molecule has 0 saturated carbocycles. The zero-order valence-corrected chi connectivity index (χ0v) is 29.8. The number of hydrogen-bond donors (Lipinski definition) is 0. The third-order valence-electron chi connectivity index (χ3n) is 10.7. The first-order chi connectivity index (χ1) is 26.8. The minimum absolute atomic E-state index is 0.915. The summed E-state index contributed by atoms with van der Waals surface area (Å²) >= 11 is 0. The van der Waals surface area contributed by atoms with E-state index in [1.165, 1.54) is 50.1 Å². The van der Waals surface area contributed by atoms with Crippen LogP contribution in [0, 0.1) is 0 Å². The smallest absolute Gasteiger partial charge is 0.143 e. The fourth-order valence-corrected chi connectivity index (χ4v) is 8.15. The topological polar surface area (TPSA) is 16.4 Å². The van der Waals surface area contributed by atoms with Crippen molar-refractivity contribution in [3.8, 4) is 33.4 Å². The molecule has 0 N–H and O–H groups in total. The fraction of sp³-hybridized carbons (Fsp3) is 0.0385. The molecule has 0 spiro atoms. The van der Waals surface area contributed by atoms with Crippen molar-refractivity contribution in [2.75, 3.05) is 4.90 Å². The van der Waals surface area contributed by atoms with Gasteiger partial charge in [-0.25, -0.2) is 0 Å². The standard InChI is InChI=1S/C52H37NO/c1-3-19-42(20-4-1)53(43-21-5-2-6-22-43)44-23-10-17-40(35-44)39-16-9-18-41(34-39)48-27-13-29-50-49-28-12-26-47(51(49)54-52(48)50)38-32-30-37(31-33-38)46-25-11-15-36-14-7-8-24-45(36)46/h1-9,11-22,24-35H,10,23H2. The molecule has 0 bridgehead atoms. The molecule has 1 aromatic heterocycles. The second kappa shape index (κ2) is 13.6. The summed E-state index contributed by atoms with van der Waals surface area (Å²) in [5, 5.41) is 4.77. The van der Waals surface area contributed by atoms with E-state index in [1.807, 2.05) is 0 Å². The van der Waals surface area contributed by atoms with E-state index in [1.54, 1.807) is 0 Å². The van der Waals surface area contributed by atoms with E-state index >= 15 is 0 Å². The Balaban J connectivity index is 1.01. The Kier molecular flexibility index (Phi) is 8.00. The molecule has 1 aliphatic rings. The van der Waals surface area contributed by atoms with E-state index in [9.17, 15) is 0 Å². The molecule has 10 rings (SSSR count). The van der Waals surface area contributed by atoms with Gasteiger partial charge in [-0.15, -0.1) is 0 Å². The second-order valence-corrected chi connectivity index (χ2v) is 14.0. The predicted molar refractivity (Wildman–Crippen MR) is 228 cm³/mol. The van der Waals surface area contributed by atoms with Crippen LogP contribution in [0.5, 0.6) is 0 Å². The lowest BCUT2D eigenvalue weighted by Gasteiger charge is -2.30. The van der Waals surface area contributed by atoms with Gasteiger partial charge in [-0.2, -0.15) is 0 Å². The van der Waals surface area contributed by atoms with Crippen molar-refractivity contribution in [2.24, 2.45) is 0 Å². The van der Waals surface area contributed by atoms with Crippen LogP contribution in [0.25, 0.3) is 71.7 Å². The van der Waals surface area contributed by atoms with Crippen LogP contribution in [-0.4, -0.2) is 0 Å². The van der Waals surface area contributed by atoms with Crippen LogP contribution in [0.4, 0.5) is 11.4 Å². The van der Waals surface area contributed by atoms with Crippen molar-refractivity contribution < 1.29 is 4.42 Å². The number of hydrogen-bond acceptors (Lipinski definition) is 2. The molecule has 0 unspecified atom stereocenters. The lowest BCUT2D eigenvalue weighted by molar-refractivity contribution is 0.671. The average Bonchev–Trinajstić information content (AvgIpc) is 3.64. The molecular weight excluding hydrogens is 655 g/mol. The number of rotatable bonds is 7. The lowest BCUT2D eigenvalue weighted by atomic mass is 9.93. The van der Waals surface area contributed by atoms with Crippen molar-refractivity contribution >= 4 is 49.7 Å². The van der Waals surface area contributed by atoms with Gasteiger partial charge in [0.1, 0.15) is 11.2 Å². The van der Waals surface area contributed by atoms with Gasteiger partial charge in [-0.3, -0.25) is 0 Å². The number of furan rings is 1. The van der Waals surface area contributed by atoms with E-state index in [4.69, 9.17) is 4.42 Å². The van der Waals surface area contributed by atoms with E-state index in [2.05, 4.69) is 205 Å². The van der Waals surface area contributed by atoms with Gasteiger partial charge in [-0.1, -0.05) is 164 Å². The highest BCUT2D eigenvalue weighted by molar-refractivity contribution is 6.13. The zero-order chi connectivity index (χ0) is 35.8. The Labute approximate surface area is 315 Å². The predicted octanol–water partition coefficient (Wildman–Crippen LogP) is 14.6. The molecule has 1 heterocycles. The third kappa shape index (κ3) is 5.70. The molecule has 0 atom stereocenters. The minimum atomic E-state index is 0.915. The van der Waals surface area contributed by atoms with Crippen LogP contribution in [0.2, 0.25) is 0 Å². The first-order valence-corrected chi connectivity index (χ1v) is 18.7. The Bertz CT molecular complexity index is 2820. The van der Waals surface area contributed by atoms with Gasteiger partial charge in [0.05, 0.1) is 0 Å². The van der Waals surface area contributed by atoms with Crippen LogP contribution in [0.1, 0.15) is 18.4 Å². The van der Waals surface area contributed by atoms with Gasteiger partial charge in [0, 0.05) is 39.0 Å². The molecule has 2 nitrogen and oxygen atoms in total. The fourth-order valence-electron chi connectivity index (χ4n) is 8.15. The van der Waals surface area contributed by atoms with Crippen molar-refractivity contribution in [1.29, 1.82) is 0 Å². The van der Waals surface area contributed by atoms with Gasteiger partial charge in [0.25, 0.3) is 0 Å². The molecule has 0 fully saturated rings. The van der Waals surface area contributed by atoms with E-state index in [0.29, 0.717) is 0 Å². The molecule has 0 radical (unpaired) electrons. The van der Waals surface area contributed by atoms with Crippen LogP contribution >= 0.6 is 0 Å². The molecule has 54 heavy (non-hydrogen) atoms. The van der Waals surface area contributed by atoms with E-state index in [0.717, 1.165) is 57.0 Å². The first-order valence-electron chi connectivity index (χ1n) is 18.7. The maximum absolute atomic E-state index is 6.89. The number of nitrogens with zero attached hydrogens (tertiary/aromatic N) is 1. The van der Waals surface area contributed by atoms with Crippen LogP contribution in [0.15, 0.2) is 210 Å². The molecular formula is C52H37NO. The zero-order valence-electron chi connectivity index (χ0n) is 29.8. The number of benzene rings is 8. The van der Waals surface area contributed by atoms with Gasteiger partial charge < -0.3 is 9.32 Å². The molecule has 0 aliphatic heterocycles. The average molecular weight is 692 g/mol. The summed E-state index contributed by atoms with van der Waals surface area (Å²) in [7, 11) is 0. The van der Waals surface area contributed by atoms with Crippen molar-refractivity contribution in [1.82, 2.24) is 0 Å². The van der Waals surface area contributed by atoms with E-state index < -0.39 is 0 Å². The number of para-hydroxylation sites is 4. The Hall–Kier alpha value is -6.90. The highest BCUT2D eigenvalue weighted by atomic mass is 16.3. The van der Waals surface area contributed by atoms with E-state index in [-0.39, 0.29) is 0 Å². The quantitative estimate of drug-likeness (QED) is 0.165. The maximum atomic E-state index is 6.89. The van der Waals surface area contributed by atoms with Crippen LogP contribution in [-0.2, 0) is 0 Å². The number of allylic oxidation sites excluding steroid dienone is 4. The molecule has 2 heteroatoms. The third-order valence-corrected chi connectivity index (χ3v) is 10.7. The Morgan fingerprint density at radius 3 is 1.63 bits per heavy atom. The second-order valence-electron chi connectivity index (χ2n) is 14.0. The Morgan fingerprint density at radius 1 is 0.407 bits per heavy atom. The molecule has 9 aromatic rings. The largest absolute Gasteiger partial charge is 0.455 e. The lowest BCUT2D eigenvalue weighted by Crippen LogP contribution is -2.17. The Morgan fingerprint density at radius 2 is 0.926 bits per heavy atom. The van der Waals surface area contributed by atoms with Crippen LogP contribution < -0.4 is 4.90 Å². The SMILES string of the molecule is C1=C(c2cccc(-c3cccc4c3oc3c(-c5ccc(-c6cccc7ccccc67)cc5)cccc34)c2)C=C(N(c2ccccc2)c2ccccc2)CC1. The summed E-state index contributed by atoms with van der Waals surface area (Å²) in [5.41, 5.74) is 14.8. The number of anilines is 2. The molecule has 0 amide bonds. The highest BCUT2D eigenvalue weighted by Gasteiger charge is 2.19. The summed E-state index contributed by atoms with van der Waals surface area (Å²) < 4.78 is 6.89. The monoisotopic (exact) mass is 691 g/mol. The molecule has 256 valence electrons. The van der Waals surface area contributed by atoms with Crippen molar-refractivity contribution in [3.05, 3.63) is 211 Å². The summed E-state index contributed by atoms with van der Waals surface area (Å²) in [5.74, 6) is 0. The minimum Gasteiger partial charge on any atom is -0.455 e. The highest BCUT2D eigenvalue weighted by Crippen LogP contribution is 2.42. The number of fused-ring (bicyclic) bond motifs is 4. The van der Waals surface area contributed by atoms with Gasteiger partial charge in [0.15, 0.2) is 0 Å². The van der Waals surface area contributed by atoms with Crippen LogP contribution in [0.3, 0.4) is 0 Å². The molecule has 8 aromatic carbocycles. The summed E-state index contributed by atoms with van der Waals surface area (Å²) in [6, 6.07) is 67.3. The molecule has 0 saturated heterocycles. The van der Waals surface area contributed by atoms with Gasteiger partial charge in [0.2, 0.25) is 0 Å². The molecule has 1 aliphatic carbocycles. The maximum Gasteiger partial charge on any atom is 0.143 e. The van der Waals surface area contributed by atoms with Crippen molar-refractivity contribution in [2.45, 2.75) is 12.8 Å². The normalized spacial score (nSPS) is 12.9. The summed E-state index contributed by atoms with van der Waals surface area (Å²) in [6.45, 7) is 0. The first kappa shape index (κ1) is 31.8. The van der Waals surface area contributed by atoms with Gasteiger partial charge >= 0.3 is 0 Å². The van der Waals surface area contributed by atoms with Gasteiger partial charge in [-0.05, 0) is 93.4 Å². The van der Waals surface area contributed by atoms with Crippen molar-refractivity contribution in [3.63, 3.8) is 0 Å². The summed E-state index contributed by atoms with van der Waals surface area (Å²) in [6.07, 6.45) is 6.69. The summed E-state index contributed by atoms with van der Waals surface area (Å²) in [4.78, 5) is 2.39.